The quantitative estimate of drug-likeness (QED) is 0.420. The van der Waals surface area contributed by atoms with E-state index < -0.39 is 11.7 Å². The topological polar surface area (TPSA) is 69.6 Å². The number of halogens is 1. The molecule has 0 radical (unpaired) electrons. The number of carbonyl (C=O) groups is 2. The molecule has 0 aliphatic carbocycles. The van der Waals surface area contributed by atoms with Gasteiger partial charge in [-0.15, -0.1) is 0 Å². The van der Waals surface area contributed by atoms with Crippen molar-refractivity contribution in [2.24, 2.45) is 0 Å². The molecule has 5 nitrogen and oxygen atoms in total. The normalized spacial score (nSPS) is 10.8. The molecule has 0 aromatic heterocycles. The Morgan fingerprint density at radius 3 is 2.35 bits per heavy atom. The van der Waals surface area contributed by atoms with Crippen LogP contribution < -0.4 is 10.2 Å². The molecule has 0 saturated carbocycles. The van der Waals surface area contributed by atoms with Gasteiger partial charge < -0.3 is 15.3 Å². The summed E-state index contributed by atoms with van der Waals surface area (Å²) in [5.41, 5.74) is 3.08. The smallest absolute Gasteiger partial charge is 0.255 e. The van der Waals surface area contributed by atoms with E-state index in [-0.39, 0.29) is 18.0 Å². The number of allylic oxidation sites excluding steroid dienone is 1. The van der Waals surface area contributed by atoms with Gasteiger partial charge in [0, 0.05) is 36.1 Å². The van der Waals surface area contributed by atoms with Gasteiger partial charge in [-0.1, -0.05) is 24.3 Å². The van der Waals surface area contributed by atoms with Crippen LogP contribution in [-0.2, 0) is 0 Å². The van der Waals surface area contributed by atoms with E-state index in [0.717, 1.165) is 17.3 Å². The SMILES string of the molecule is CN(CCO)c1ccc(/C=C/C(=O)c2ccc(NC(=O)c3cccc(F)c3)cc2)cc1. The monoisotopic (exact) mass is 418 g/mol. The Morgan fingerprint density at radius 2 is 1.71 bits per heavy atom. The largest absolute Gasteiger partial charge is 0.395 e. The van der Waals surface area contributed by atoms with Crippen molar-refractivity contribution < 1.29 is 19.1 Å². The number of carbonyl (C=O) groups excluding carboxylic acids is 2. The number of amides is 1. The average Bonchev–Trinajstić information content (AvgIpc) is 2.78. The first-order valence-electron chi connectivity index (χ1n) is 9.78. The zero-order chi connectivity index (χ0) is 22.2. The zero-order valence-electron chi connectivity index (χ0n) is 17.1. The van der Waals surface area contributed by atoms with Crippen molar-refractivity contribution in [2.45, 2.75) is 0 Å². The van der Waals surface area contributed by atoms with E-state index in [1.807, 2.05) is 36.2 Å². The highest BCUT2D eigenvalue weighted by atomic mass is 19.1. The minimum absolute atomic E-state index is 0.0833. The highest BCUT2D eigenvalue weighted by molar-refractivity contribution is 6.08. The Labute approximate surface area is 180 Å². The first kappa shape index (κ1) is 21.9. The summed E-state index contributed by atoms with van der Waals surface area (Å²) in [4.78, 5) is 26.5. The fraction of sp³-hybridized carbons (Fsp3) is 0.120. The number of hydrogen-bond acceptors (Lipinski definition) is 4. The van der Waals surface area contributed by atoms with Gasteiger partial charge in [-0.05, 0) is 66.2 Å². The molecular formula is C25H23FN2O3. The summed E-state index contributed by atoms with van der Waals surface area (Å²) < 4.78 is 13.3. The minimum atomic E-state index is -0.479. The molecular weight excluding hydrogens is 395 g/mol. The minimum Gasteiger partial charge on any atom is -0.395 e. The number of nitrogens with one attached hydrogen (secondary N) is 1. The van der Waals surface area contributed by atoms with E-state index in [1.165, 1.54) is 24.3 Å². The number of aliphatic hydroxyl groups is 1. The van der Waals surface area contributed by atoms with Gasteiger partial charge in [-0.3, -0.25) is 9.59 Å². The third kappa shape index (κ3) is 6.10. The van der Waals surface area contributed by atoms with E-state index in [0.29, 0.717) is 17.8 Å². The van der Waals surface area contributed by atoms with Crippen LogP contribution in [0, 0.1) is 5.82 Å². The van der Waals surface area contributed by atoms with Gasteiger partial charge in [-0.25, -0.2) is 4.39 Å². The van der Waals surface area contributed by atoms with Gasteiger partial charge in [-0.2, -0.15) is 0 Å². The van der Waals surface area contributed by atoms with Crippen LogP contribution in [-0.4, -0.2) is 37.0 Å². The Morgan fingerprint density at radius 1 is 1.00 bits per heavy atom. The van der Waals surface area contributed by atoms with Crippen molar-refractivity contribution in [3.05, 3.63) is 101 Å². The van der Waals surface area contributed by atoms with Crippen LogP contribution in [0.25, 0.3) is 6.08 Å². The summed E-state index contributed by atoms with van der Waals surface area (Å²) in [6.07, 6.45) is 3.23. The molecule has 0 saturated heterocycles. The molecule has 0 unspecified atom stereocenters. The maximum atomic E-state index is 13.3. The standard InChI is InChI=1S/C25H23FN2O3/c1-28(15-16-29)23-12-5-18(6-13-23)7-14-24(30)19-8-10-22(11-9-19)27-25(31)20-3-2-4-21(26)17-20/h2-14,17,29H,15-16H2,1H3,(H,27,31)/b14-7+. The van der Waals surface area contributed by atoms with Crippen LogP contribution in [0.1, 0.15) is 26.3 Å². The number of aliphatic hydroxyl groups excluding tert-OH is 1. The summed E-state index contributed by atoms with van der Waals surface area (Å²) in [5, 5.41) is 11.7. The number of benzene rings is 3. The van der Waals surface area contributed by atoms with Crippen molar-refractivity contribution in [1.29, 1.82) is 0 Å². The summed E-state index contributed by atoms with van der Waals surface area (Å²) in [5.74, 6) is -1.07. The molecule has 0 fully saturated rings. The summed E-state index contributed by atoms with van der Waals surface area (Å²) in [6, 6.07) is 19.6. The van der Waals surface area contributed by atoms with Crippen LogP contribution in [0.15, 0.2) is 78.9 Å². The van der Waals surface area contributed by atoms with Gasteiger partial charge in [0.25, 0.3) is 5.91 Å². The lowest BCUT2D eigenvalue weighted by molar-refractivity contribution is 0.102. The molecule has 158 valence electrons. The molecule has 3 rings (SSSR count). The first-order valence-corrected chi connectivity index (χ1v) is 9.78. The van der Waals surface area contributed by atoms with Crippen molar-refractivity contribution >= 4 is 29.1 Å². The molecule has 0 atom stereocenters. The Bertz CT molecular complexity index is 1080. The van der Waals surface area contributed by atoms with E-state index in [2.05, 4.69) is 5.32 Å². The summed E-state index contributed by atoms with van der Waals surface area (Å²) in [7, 11) is 1.90. The van der Waals surface area contributed by atoms with E-state index in [4.69, 9.17) is 5.11 Å². The van der Waals surface area contributed by atoms with E-state index in [1.54, 1.807) is 30.3 Å². The van der Waals surface area contributed by atoms with Gasteiger partial charge in [0.1, 0.15) is 5.82 Å². The fourth-order valence-corrected chi connectivity index (χ4v) is 2.94. The highest BCUT2D eigenvalue weighted by Gasteiger charge is 2.08. The Balaban J connectivity index is 1.60. The van der Waals surface area contributed by atoms with E-state index >= 15 is 0 Å². The Kier molecular flexibility index (Phi) is 7.30. The molecule has 2 N–H and O–H groups in total. The maximum Gasteiger partial charge on any atom is 0.255 e. The second-order valence-electron chi connectivity index (χ2n) is 6.98. The third-order valence-electron chi connectivity index (χ3n) is 4.71. The van der Waals surface area contributed by atoms with Crippen molar-refractivity contribution in [1.82, 2.24) is 0 Å². The van der Waals surface area contributed by atoms with Crippen molar-refractivity contribution in [3.63, 3.8) is 0 Å². The second-order valence-corrected chi connectivity index (χ2v) is 6.98. The lowest BCUT2D eigenvalue weighted by atomic mass is 10.1. The average molecular weight is 418 g/mol. The highest BCUT2D eigenvalue weighted by Crippen LogP contribution is 2.16. The number of anilines is 2. The molecule has 6 heteroatoms. The number of hydrogen-bond donors (Lipinski definition) is 2. The Hall–Kier alpha value is -3.77. The second kappa shape index (κ2) is 10.3. The van der Waals surface area contributed by atoms with Crippen LogP contribution >= 0.6 is 0 Å². The molecule has 0 aliphatic heterocycles. The van der Waals surface area contributed by atoms with Crippen LogP contribution in [0.4, 0.5) is 15.8 Å². The van der Waals surface area contributed by atoms with Gasteiger partial charge >= 0.3 is 0 Å². The predicted molar refractivity (Wildman–Crippen MR) is 121 cm³/mol. The van der Waals surface area contributed by atoms with Crippen molar-refractivity contribution in [3.8, 4) is 0 Å². The molecule has 3 aromatic carbocycles. The predicted octanol–water partition coefficient (Wildman–Crippen LogP) is 4.40. The molecule has 1 amide bonds. The summed E-state index contributed by atoms with van der Waals surface area (Å²) >= 11 is 0. The molecule has 3 aromatic rings. The molecule has 0 bridgehead atoms. The number of rotatable bonds is 8. The summed E-state index contributed by atoms with van der Waals surface area (Å²) in [6.45, 7) is 0.631. The van der Waals surface area contributed by atoms with Crippen LogP contribution in [0.3, 0.4) is 0 Å². The van der Waals surface area contributed by atoms with Gasteiger partial charge in [0.2, 0.25) is 0 Å². The molecule has 0 spiro atoms. The number of ketones is 1. The van der Waals surface area contributed by atoms with E-state index in [9.17, 15) is 14.0 Å². The maximum absolute atomic E-state index is 13.3. The van der Waals surface area contributed by atoms with Crippen molar-refractivity contribution in [2.75, 3.05) is 30.4 Å². The van der Waals surface area contributed by atoms with Gasteiger partial charge in [0.05, 0.1) is 6.61 Å². The van der Waals surface area contributed by atoms with Gasteiger partial charge in [0.15, 0.2) is 5.78 Å². The third-order valence-corrected chi connectivity index (χ3v) is 4.71. The first-order chi connectivity index (χ1) is 15.0. The lowest BCUT2D eigenvalue weighted by Gasteiger charge is -2.17. The number of nitrogens with zero attached hydrogens (tertiary/aromatic N) is 1. The fourth-order valence-electron chi connectivity index (χ4n) is 2.94. The molecule has 0 heterocycles. The molecule has 31 heavy (non-hydrogen) atoms. The molecule has 0 aliphatic rings. The lowest BCUT2D eigenvalue weighted by Crippen LogP contribution is -2.20. The number of likely N-dealkylation sites (N-methyl/N-ethyl adjacent to an activating group) is 1. The van der Waals surface area contributed by atoms with Crippen LogP contribution in [0.5, 0.6) is 0 Å². The van der Waals surface area contributed by atoms with Crippen LogP contribution in [0.2, 0.25) is 0 Å². The zero-order valence-corrected chi connectivity index (χ0v) is 17.1.